The van der Waals surface area contributed by atoms with Gasteiger partial charge in [0.25, 0.3) is 5.91 Å². The second-order valence-corrected chi connectivity index (χ2v) is 6.84. The van der Waals surface area contributed by atoms with Crippen molar-refractivity contribution in [2.24, 2.45) is 5.92 Å². The minimum Gasteiger partial charge on any atom is -0.493 e. The lowest BCUT2D eigenvalue weighted by Gasteiger charge is -2.29. The monoisotopic (exact) mass is 371 g/mol. The van der Waals surface area contributed by atoms with E-state index in [2.05, 4.69) is 17.3 Å². The van der Waals surface area contributed by atoms with E-state index in [0.29, 0.717) is 11.7 Å². The zero-order valence-electron chi connectivity index (χ0n) is 15.7. The van der Waals surface area contributed by atoms with Gasteiger partial charge in [-0.15, -0.1) is 0 Å². The van der Waals surface area contributed by atoms with Crippen LogP contribution in [-0.2, 0) is 9.53 Å². The highest BCUT2D eigenvalue weighted by Crippen LogP contribution is 2.24. The Bertz CT molecular complexity index is 788. The summed E-state index contributed by atoms with van der Waals surface area (Å²) >= 11 is 0. The molecule has 0 bridgehead atoms. The van der Waals surface area contributed by atoms with Gasteiger partial charge >= 0.3 is 5.97 Å². The van der Waals surface area contributed by atoms with Crippen LogP contribution in [0.2, 0.25) is 0 Å². The maximum Gasteiger partial charge on any atom is 0.363 e. The second-order valence-electron chi connectivity index (χ2n) is 6.84. The molecule has 1 aliphatic carbocycles. The number of esters is 1. The largest absolute Gasteiger partial charge is 0.493 e. The van der Waals surface area contributed by atoms with E-state index >= 15 is 0 Å². The molecule has 0 saturated heterocycles. The van der Waals surface area contributed by atoms with Crippen molar-refractivity contribution in [2.45, 2.75) is 38.6 Å². The van der Waals surface area contributed by atoms with Crippen molar-refractivity contribution in [3.05, 3.63) is 42.2 Å². The number of amides is 1. The fraction of sp³-hybridized carbons (Fsp3) is 0.450. The molecule has 2 aromatic rings. The first-order chi connectivity index (χ1) is 13.1. The average molecular weight is 371 g/mol. The Labute approximate surface area is 158 Å². The summed E-state index contributed by atoms with van der Waals surface area (Å²) in [5, 5.41) is 7.20. The van der Waals surface area contributed by atoms with Gasteiger partial charge in [-0.2, -0.15) is 5.10 Å². The van der Waals surface area contributed by atoms with Gasteiger partial charge in [-0.25, -0.2) is 9.48 Å². The third-order valence-corrected chi connectivity index (χ3v) is 4.91. The summed E-state index contributed by atoms with van der Waals surface area (Å²) in [6.45, 7) is 1.81. The molecular formula is C20H25N3O4. The Morgan fingerprint density at radius 2 is 1.96 bits per heavy atom. The van der Waals surface area contributed by atoms with Crippen molar-refractivity contribution >= 4 is 11.9 Å². The van der Waals surface area contributed by atoms with Crippen LogP contribution in [0.15, 0.2) is 36.5 Å². The number of aromatic nitrogens is 2. The highest BCUT2D eigenvalue weighted by molar-refractivity contribution is 5.92. The smallest absolute Gasteiger partial charge is 0.363 e. The predicted octanol–water partition coefficient (Wildman–Crippen LogP) is 2.73. The summed E-state index contributed by atoms with van der Waals surface area (Å²) in [7, 11) is 1.46. The molecule has 7 nitrogen and oxygen atoms in total. The Hall–Kier alpha value is -2.83. The SMILES string of the molecule is COc1cn(-c2ccccc2)nc1C(=O)OCC(=O)N[C@@H]1CCCC[C@@H]1C. The van der Waals surface area contributed by atoms with Crippen molar-refractivity contribution in [3.63, 3.8) is 0 Å². The fourth-order valence-corrected chi connectivity index (χ4v) is 3.34. The highest BCUT2D eigenvalue weighted by Gasteiger charge is 2.24. The summed E-state index contributed by atoms with van der Waals surface area (Å²) in [6.07, 6.45) is 6.00. The molecule has 7 heteroatoms. The summed E-state index contributed by atoms with van der Waals surface area (Å²) in [5.74, 6) is -0.234. The number of rotatable bonds is 6. The third kappa shape index (κ3) is 4.67. The number of hydrogen-bond donors (Lipinski definition) is 1. The number of para-hydroxylation sites is 1. The molecule has 0 spiro atoms. The zero-order chi connectivity index (χ0) is 19.2. The van der Waals surface area contributed by atoms with Crippen LogP contribution in [0.1, 0.15) is 43.1 Å². The lowest BCUT2D eigenvalue weighted by atomic mass is 9.86. The minimum absolute atomic E-state index is 0.0418. The molecule has 0 radical (unpaired) electrons. The van der Waals surface area contributed by atoms with Gasteiger partial charge in [-0.05, 0) is 30.9 Å². The van der Waals surface area contributed by atoms with E-state index in [9.17, 15) is 9.59 Å². The molecule has 1 N–H and O–H groups in total. The van der Waals surface area contributed by atoms with E-state index in [1.54, 1.807) is 10.9 Å². The van der Waals surface area contributed by atoms with Gasteiger partial charge in [0.2, 0.25) is 5.69 Å². The van der Waals surface area contributed by atoms with E-state index < -0.39 is 5.97 Å². The molecule has 2 atom stereocenters. The molecule has 1 aliphatic rings. The number of nitrogens with one attached hydrogen (secondary N) is 1. The lowest BCUT2D eigenvalue weighted by molar-refractivity contribution is -0.125. The molecule has 144 valence electrons. The van der Waals surface area contributed by atoms with Gasteiger partial charge in [0.15, 0.2) is 12.4 Å². The van der Waals surface area contributed by atoms with Crippen LogP contribution in [0.4, 0.5) is 0 Å². The van der Waals surface area contributed by atoms with E-state index in [0.717, 1.165) is 24.9 Å². The summed E-state index contributed by atoms with van der Waals surface area (Å²) in [5.41, 5.74) is 0.832. The molecule has 0 unspecified atom stereocenters. The van der Waals surface area contributed by atoms with Crippen LogP contribution >= 0.6 is 0 Å². The van der Waals surface area contributed by atoms with E-state index in [4.69, 9.17) is 9.47 Å². The topological polar surface area (TPSA) is 82.5 Å². The molecule has 0 aliphatic heterocycles. The van der Waals surface area contributed by atoms with E-state index in [1.807, 2.05) is 30.3 Å². The molecule has 1 saturated carbocycles. The number of carbonyl (C=O) groups is 2. The fourth-order valence-electron chi connectivity index (χ4n) is 3.34. The average Bonchev–Trinajstić information content (AvgIpc) is 3.13. The number of ether oxygens (including phenoxy) is 2. The van der Waals surface area contributed by atoms with Gasteiger partial charge in [0, 0.05) is 6.04 Å². The second kappa shape index (κ2) is 8.70. The van der Waals surface area contributed by atoms with Crippen LogP contribution in [0.25, 0.3) is 5.69 Å². The quantitative estimate of drug-likeness (QED) is 0.790. The standard InChI is InChI=1S/C20H25N3O4/c1-14-8-6-7-11-16(14)21-18(24)13-27-20(25)19-17(26-2)12-23(22-19)15-9-4-3-5-10-15/h3-5,9-10,12,14,16H,6-8,11,13H2,1-2H3,(H,21,24)/t14-,16+/m0/s1. The van der Waals surface area contributed by atoms with Crippen LogP contribution < -0.4 is 10.1 Å². The molecule has 1 aromatic carbocycles. The minimum atomic E-state index is -0.687. The van der Waals surface area contributed by atoms with Crippen molar-refractivity contribution in [2.75, 3.05) is 13.7 Å². The van der Waals surface area contributed by atoms with Crippen molar-refractivity contribution in [3.8, 4) is 11.4 Å². The summed E-state index contributed by atoms with van der Waals surface area (Å²) in [4.78, 5) is 24.5. The summed E-state index contributed by atoms with van der Waals surface area (Å²) < 4.78 is 11.9. The van der Waals surface area contributed by atoms with Crippen LogP contribution in [0, 0.1) is 5.92 Å². The van der Waals surface area contributed by atoms with Crippen molar-refractivity contribution in [1.82, 2.24) is 15.1 Å². The highest BCUT2D eigenvalue weighted by atomic mass is 16.5. The Morgan fingerprint density at radius 1 is 1.22 bits per heavy atom. The van der Waals surface area contributed by atoms with Gasteiger partial charge in [-0.3, -0.25) is 4.79 Å². The lowest BCUT2D eigenvalue weighted by Crippen LogP contribution is -2.42. The number of nitrogens with zero attached hydrogens (tertiary/aromatic N) is 2. The maximum absolute atomic E-state index is 12.4. The first kappa shape index (κ1) is 18.9. The molecular weight excluding hydrogens is 346 g/mol. The van der Waals surface area contributed by atoms with Gasteiger partial charge in [0.1, 0.15) is 0 Å². The molecule has 1 aromatic heterocycles. The van der Waals surface area contributed by atoms with Crippen molar-refractivity contribution < 1.29 is 19.1 Å². The first-order valence-corrected chi connectivity index (χ1v) is 9.24. The van der Waals surface area contributed by atoms with Crippen LogP contribution in [0.3, 0.4) is 0 Å². The summed E-state index contributed by atoms with van der Waals surface area (Å²) in [6, 6.07) is 9.51. The third-order valence-electron chi connectivity index (χ3n) is 4.91. The first-order valence-electron chi connectivity index (χ1n) is 9.24. The maximum atomic E-state index is 12.4. The van der Waals surface area contributed by atoms with Gasteiger partial charge < -0.3 is 14.8 Å². The van der Waals surface area contributed by atoms with Crippen LogP contribution in [0.5, 0.6) is 5.75 Å². The van der Waals surface area contributed by atoms with Crippen molar-refractivity contribution in [1.29, 1.82) is 0 Å². The molecule has 3 rings (SSSR count). The molecule has 27 heavy (non-hydrogen) atoms. The molecule has 1 amide bonds. The van der Waals surface area contributed by atoms with Crippen LogP contribution in [-0.4, -0.2) is 41.4 Å². The number of benzene rings is 1. The Morgan fingerprint density at radius 3 is 2.67 bits per heavy atom. The Balaban J connectivity index is 1.60. The normalized spacial score (nSPS) is 19.3. The molecule has 1 heterocycles. The number of methoxy groups -OCH3 is 1. The van der Waals surface area contributed by atoms with E-state index in [1.165, 1.54) is 13.5 Å². The van der Waals surface area contributed by atoms with Gasteiger partial charge in [-0.1, -0.05) is 38.0 Å². The number of hydrogen-bond acceptors (Lipinski definition) is 5. The Kier molecular flexibility index (Phi) is 6.11. The van der Waals surface area contributed by atoms with E-state index in [-0.39, 0.29) is 24.2 Å². The number of carbonyl (C=O) groups excluding carboxylic acids is 2. The molecule has 1 fully saturated rings. The van der Waals surface area contributed by atoms with Gasteiger partial charge in [0.05, 0.1) is 19.0 Å². The predicted molar refractivity (Wildman–Crippen MR) is 100.0 cm³/mol. The zero-order valence-corrected chi connectivity index (χ0v) is 15.7.